The number of nitrogens with zero attached hydrogens (tertiary/aromatic N) is 2. The first kappa shape index (κ1) is 11.9. The summed E-state index contributed by atoms with van der Waals surface area (Å²) in [4.78, 5) is 0. The summed E-state index contributed by atoms with van der Waals surface area (Å²) in [6, 6.07) is 0. The van der Waals surface area contributed by atoms with Gasteiger partial charge in [0.1, 0.15) is 11.4 Å². The van der Waals surface area contributed by atoms with Gasteiger partial charge in [-0.05, 0) is 13.3 Å². The molecule has 15 heavy (non-hydrogen) atoms. The molecule has 0 aliphatic carbocycles. The Kier molecular flexibility index (Phi) is 5.65. The molecular weight excluding hydrogens is 194 g/mol. The molecule has 0 saturated carbocycles. The van der Waals surface area contributed by atoms with Gasteiger partial charge >= 0.3 is 0 Å². The Labute approximate surface area is 89.5 Å². The van der Waals surface area contributed by atoms with Crippen molar-refractivity contribution in [3.63, 3.8) is 0 Å². The van der Waals surface area contributed by atoms with E-state index >= 15 is 0 Å². The minimum absolute atomic E-state index is 0.667. The molecule has 1 aromatic heterocycles. The van der Waals surface area contributed by atoms with Gasteiger partial charge in [-0.3, -0.25) is 0 Å². The Morgan fingerprint density at radius 1 is 1.47 bits per heavy atom. The number of ether oxygens (including phenoxy) is 1. The first-order chi connectivity index (χ1) is 7.34. The van der Waals surface area contributed by atoms with Crippen molar-refractivity contribution in [2.24, 2.45) is 0 Å². The molecule has 0 saturated heterocycles. The van der Waals surface area contributed by atoms with Gasteiger partial charge in [-0.25, -0.2) is 4.63 Å². The summed E-state index contributed by atoms with van der Waals surface area (Å²) in [6.07, 6.45) is 2.74. The average Bonchev–Trinajstić information content (AvgIpc) is 2.63. The van der Waals surface area contributed by atoms with E-state index in [0.29, 0.717) is 13.2 Å². The Hall–Kier alpha value is -1.20. The molecule has 84 valence electrons. The van der Waals surface area contributed by atoms with E-state index in [1.807, 2.05) is 13.0 Å². The number of hydrogen-bond donors (Lipinski definition) is 1. The molecule has 0 aliphatic rings. The van der Waals surface area contributed by atoms with Gasteiger partial charge in [0, 0.05) is 13.1 Å². The van der Waals surface area contributed by atoms with Crippen LogP contribution in [0.2, 0.25) is 0 Å². The van der Waals surface area contributed by atoms with Gasteiger partial charge in [-0.2, -0.15) is 0 Å². The molecule has 1 N–H and O–H groups in total. The van der Waals surface area contributed by atoms with E-state index in [9.17, 15) is 0 Å². The lowest BCUT2D eigenvalue weighted by atomic mass is 10.3. The standard InChI is InChI=1S/C10H17N3O2/c1-3-4-6-14-7-5-11-8-10-9(2)12-15-13-10/h3,11H,1,4-8H2,2H3. The zero-order chi connectivity index (χ0) is 10.9. The third-order valence-corrected chi connectivity index (χ3v) is 1.93. The molecule has 0 aromatic carbocycles. The fraction of sp³-hybridized carbons (Fsp3) is 0.600. The first-order valence-corrected chi connectivity index (χ1v) is 5.02. The number of aryl methyl sites for hydroxylation is 1. The summed E-state index contributed by atoms with van der Waals surface area (Å²) in [7, 11) is 0. The first-order valence-electron chi connectivity index (χ1n) is 5.02. The molecule has 0 bridgehead atoms. The Morgan fingerprint density at radius 3 is 3.00 bits per heavy atom. The highest BCUT2D eigenvalue weighted by atomic mass is 16.6. The van der Waals surface area contributed by atoms with Crippen molar-refractivity contribution in [3.8, 4) is 0 Å². The van der Waals surface area contributed by atoms with Crippen molar-refractivity contribution in [2.45, 2.75) is 19.9 Å². The molecule has 0 aliphatic heterocycles. The normalized spacial score (nSPS) is 10.5. The Bertz CT molecular complexity index is 286. The van der Waals surface area contributed by atoms with E-state index < -0.39 is 0 Å². The largest absolute Gasteiger partial charge is 0.380 e. The van der Waals surface area contributed by atoms with Crippen LogP contribution in [0.4, 0.5) is 0 Å². The molecule has 1 aromatic rings. The summed E-state index contributed by atoms with van der Waals surface area (Å²) < 4.78 is 9.90. The third kappa shape index (κ3) is 4.71. The lowest BCUT2D eigenvalue weighted by molar-refractivity contribution is 0.140. The van der Waals surface area contributed by atoms with Crippen LogP contribution in [0, 0.1) is 6.92 Å². The van der Waals surface area contributed by atoms with Crippen molar-refractivity contribution in [2.75, 3.05) is 19.8 Å². The second-order valence-electron chi connectivity index (χ2n) is 3.16. The average molecular weight is 211 g/mol. The molecule has 0 unspecified atom stereocenters. The van der Waals surface area contributed by atoms with Crippen LogP contribution >= 0.6 is 0 Å². The molecule has 1 rings (SSSR count). The Balaban J connectivity index is 1.98. The van der Waals surface area contributed by atoms with Crippen molar-refractivity contribution >= 4 is 0 Å². The smallest absolute Gasteiger partial charge is 0.121 e. The van der Waals surface area contributed by atoms with Crippen molar-refractivity contribution < 1.29 is 9.37 Å². The molecule has 0 spiro atoms. The van der Waals surface area contributed by atoms with Gasteiger partial charge in [-0.1, -0.05) is 16.4 Å². The van der Waals surface area contributed by atoms with Crippen LogP contribution in [0.15, 0.2) is 17.3 Å². The number of nitrogens with one attached hydrogen (secondary N) is 1. The van der Waals surface area contributed by atoms with Crippen LogP contribution in [0.1, 0.15) is 17.8 Å². The monoisotopic (exact) mass is 211 g/mol. The fourth-order valence-electron chi connectivity index (χ4n) is 1.03. The second kappa shape index (κ2) is 7.14. The molecule has 5 heteroatoms. The van der Waals surface area contributed by atoms with E-state index in [4.69, 9.17) is 4.74 Å². The van der Waals surface area contributed by atoms with Crippen molar-refractivity contribution in [3.05, 3.63) is 24.0 Å². The lowest BCUT2D eigenvalue weighted by Gasteiger charge is -2.03. The van der Waals surface area contributed by atoms with E-state index in [1.165, 1.54) is 0 Å². The highest BCUT2D eigenvalue weighted by Gasteiger charge is 2.02. The molecule has 1 heterocycles. The predicted molar refractivity (Wildman–Crippen MR) is 56.4 cm³/mol. The van der Waals surface area contributed by atoms with Gasteiger partial charge in [-0.15, -0.1) is 6.58 Å². The van der Waals surface area contributed by atoms with Crippen LogP contribution in [0.3, 0.4) is 0 Å². The molecule has 0 fully saturated rings. The highest BCUT2D eigenvalue weighted by molar-refractivity contribution is 5.03. The van der Waals surface area contributed by atoms with Gasteiger partial charge in [0.15, 0.2) is 0 Å². The van der Waals surface area contributed by atoms with Crippen LogP contribution in [-0.4, -0.2) is 30.1 Å². The van der Waals surface area contributed by atoms with Gasteiger partial charge in [0.2, 0.25) is 0 Å². The van der Waals surface area contributed by atoms with Gasteiger partial charge in [0.25, 0.3) is 0 Å². The summed E-state index contributed by atoms with van der Waals surface area (Å²) in [5.41, 5.74) is 1.68. The van der Waals surface area contributed by atoms with Crippen molar-refractivity contribution in [1.82, 2.24) is 15.6 Å². The van der Waals surface area contributed by atoms with Crippen LogP contribution in [-0.2, 0) is 11.3 Å². The maximum absolute atomic E-state index is 5.33. The summed E-state index contributed by atoms with van der Waals surface area (Å²) in [5, 5.41) is 10.6. The Morgan fingerprint density at radius 2 is 2.33 bits per heavy atom. The van der Waals surface area contributed by atoms with E-state index in [1.54, 1.807) is 0 Å². The predicted octanol–water partition coefficient (Wildman–Crippen LogP) is 1.06. The maximum Gasteiger partial charge on any atom is 0.121 e. The summed E-state index contributed by atoms with van der Waals surface area (Å²) >= 11 is 0. The van der Waals surface area contributed by atoms with Crippen LogP contribution in [0.5, 0.6) is 0 Å². The number of hydrogen-bond acceptors (Lipinski definition) is 5. The molecule has 0 amide bonds. The topological polar surface area (TPSA) is 60.2 Å². The lowest BCUT2D eigenvalue weighted by Crippen LogP contribution is -2.20. The minimum atomic E-state index is 0.667. The second-order valence-corrected chi connectivity index (χ2v) is 3.16. The van der Waals surface area contributed by atoms with Gasteiger partial charge < -0.3 is 10.1 Å². The van der Waals surface area contributed by atoms with Crippen molar-refractivity contribution in [1.29, 1.82) is 0 Å². The van der Waals surface area contributed by atoms with Crippen LogP contribution in [0.25, 0.3) is 0 Å². The fourth-order valence-corrected chi connectivity index (χ4v) is 1.03. The zero-order valence-electron chi connectivity index (χ0n) is 9.03. The number of rotatable bonds is 8. The molecule has 0 radical (unpaired) electrons. The third-order valence-electron chi connectivity index (χ3n) is 1.93. The van der Waals surface area contributed by atoms with E-state index in [-0.39, 0.29) is 0 Å². The summed E-state index contributed by atoms with van der Waals surface area (Å²) in [6.45, 7) is 8.37. The van der Waals surface area contributed by atoms with Crippen LogP contribution < -0.4 is 5.32 Å². The minimum Gasteiger partial charge on any atom is -0.380 e. The van der Waals surface area contributed by atoms with E-state index in [2.05, 4.69) is 26.8 Å². The molecular formula is C10H17N3O2. The SMILES string of the molecule is C=CCCOCCNCc1nonc1C. The number of aromatic nitrogens is 2. The molecule has 0 atom stereocenters. The van der Waals surface area contributed by atoms with Gasteiger partial charge in [0.05, 0.1) is 13.2 Å². The van der Waals surface area contributed by atoms with E-state index in [0.717, 1.165) is 31.0 Å². The molecule has 5 nitrogen and oxygen atoms in total. The maximum atomic E-state index is 5.33. The highest BCUT2D eigenvalue weighted by Crippen LogP contribution is 1.98. The quantitative estimate of drug-likeness (QED) is 0.514. The summed E-state index contributed by atoms with van der Waals surface area (Å²) in [5.74, 6) is 0. The zero-order valence-corrected chi connectivity index (χ0v) is 9.03.